The molecule has 12 atom stereocenters. The minimum absolute atomic E-state index is 0.0460. The van der Waals surface area contributed by atoms with Crippen molar-refractivity contribution in [3.63, 3.8) is 0 Å². The summed E-state index contributed by atoms with van der Waals surface area (Å²) in [6, 6.07) is 0. The van der Waals surface area contributed by atoms with Gasteiger partial charge in [0.05, 0.1) is 38.6 Å². The Labute approximate surface area is 461 Å². The van der Waals surface area contributed by atoms with E-state index in [1.807, 2.05) is 27.7 Å². The van der Waals surface area contributed by atoms with Crippen LogP contribution in [0.15, 0.2) is 12.2 Å². The summed E-state index contributed by atoms with van der Waals surface area (Å²) in [6.45, 7) is 12.1. The van der Waals surface area contributed by atoms with E-state index >= 15 is 0 Å². The molecule has 2 saturated heterocycles. The second kappa shape index (κ2) is 35.9. The van der Waals surface area contributed by atoms with Gasteiger partial charge in [0.1, 0.15) is 41.8 Å². The Kier molecular flexibility index (Phi) is 31.6. The normalized spacial score (nSPS) is 25.7. The number of ketones is 3. The van der Waals surface area contributed by atoms with Gasteiger partial charge in [-0.3, -0.25) is 38.5 Å². The van der Waals surface area contributed by atoms with Crippen LogP contribution in [0.1, 0.15) is 164 Å². The summed E-state index contributed by atoms with van der Waals surface area (Å²) in [5.41, 5.74) is -0.416. The minimum atomic E-state index is -1.23. The van der Waals surface area contributed by atoms with Crippen LogP contribution in [0, 0.1) is 23.2 Å². The Morgan fingerprint density at radius 2 is 1.04 bits per heavy atom. The molecule has 0 radical (unpaired) electrons. The smallest absolute Gasteiger partial charge is 0.253 e. The van der Waals surface area contributed by atoms with Crippen LogP contribution in [0.5, 0.6) is 0 Å². The zero-order valence-corrected chi connectivity index (χ0v) is 47.2. The molecule has 3 rings (SSSR count). The number of nitrogens with zero attached hydrogens (tertiary/aromatic N) is 1. The molecular formula is C56H95N3O19. The number of carbonyl (C=O) groups excluding carboxylic acids is 7. The highest BCUT2D eigenvalue weighted by Gasteiger charge is 2.44. The third-order valence-electron chi connectivity index (χ3n) is 15.0. The molecule has 3 aliphatic rings. The number of ether oxygens (including phenoxy) is 6. The first-order valence-electron chi connectivity index (χ1n) is 28.4. The van der Waals surface area contributed by atoms with Gasteiger partial charge in [0, 0.05) is 113 Å². The van der Waals surface area contributed by atoms with E-state index < -0.39 is 103 Å². The Hall–Kier alpha value is -3.65. The molecule has 0 aliphatic carbocycles. The molecule has 78 heavy (non-hydrogen) atoms. The van der Waals surface area contributed by atoms with E-state index in [1.165, 1.54) is 12.2 Å². The average Bonchev–Trinajstić information content (AvgIpc) is 3.73. The summed E-state index contributed by atoms with van der Waals surface area (Å²) >= 11 is 0. The van der Waals surface area contributed by atoms with Crippen molar-refractivity contribution >= 4 is 41.0 Å². The van der Waals surface area contributed by atoms with Gasteiger partial charge in [-0.1, -0.05) is 47.5 Å². The quantitative estimate of drug-likeness (QED) is 0.0248. The number of aliphatic hydroxyl groups excluding tert-OH is 6. The van der Waals surface area contributed by atoms with Crippen LogP contribution in [0.2, 0.25) is 0 Å². The average molecular weight is 1110 g/mol. The summed E-state index contributed by atoms with van der Waals surface area (Å²) in [7, 11) is 0. The zero-order chi connectivity index (χ0) is 57.8. The molecule has 22 heteroatoms. The number of amides is 4. The molecule has 0 aromatic carbocycles. The Morgan fingerprint density at radius 1 is 0.577 bits per heavy atom. The largest absolute Gasteiger partial charge is 0.394 e. The fraction of sp³-hybridized carbons (Fsp3) is 0.839. The number of carbonyl (C=O) groups is 7. The molecule has 4 amide bonds. The Bertz CT molecular complexity index is 1860. The summed E-state index contributed by atoms with van der Waals surface area (Å²) in [5, 5.41) is 65.5. The van der Waals surface area contributed by atoms with Crippen LogP contribution < -0.4 is 10.6 Å². The van der Waals surface area contributed by atoms with Gasteiger partial charge in [0.2, 0.25) is 11.8 Å². The molecule has 0 saturated carbocycles. The maximum atomic E-state index is 13.5. The molecule has 0 spiro atoms. The van der Waals surface area contributed by atoms with E-state index in [4.69, 9.17) is 28.4 Å². The van der Waals surface area contributed by atoms with Crippen LogP contribution in [-0.2, 0) is 62.0 Å². The first-order chi connectivity index (χ1) is 37.0. The highest BCUT2D eigenvalue weighted by molar-refractivity contribution is 6.13. The molecule has 448 valence electrons. The van der Waals surface area contributed by atoms with E-state index in [0.29, 0.717) is 110 Å². The van der Waals surface area contributed by atoms with Crippen molar-refractivity contribution in [3.8, 4) is 0 Å². The van der Waals surface area contributed by atoms with Crippen LogP contribution in [-0.4, -0.2) is 191 Å². The molecule has 0 aromatic rings. The lowest BCUT2D eigenvalue weighted by Gasteiger charge is -2.41. The van der Waals surface area contributed by atoms with Gasteiger partial charge in [0.25, 0.3) is 11.8 Å². The molecule has 0 bridgehead atoms. The SMILES string of the molecule is CC1C(O)C(O)C(CO)O[C@H]1OCCCCC(=O)NCCCC[C@H](CC(=O)CCCCO[C@@H]1OC(CO)[C@H](O)C(O)[C@H]1C)C(=O)NCCCCCC(=O)CCCOC(C)(OCCCC(=O)CCN1C(=O)C=CC1=O)C(C)(C)C. The van der Waals surface area contributed by atoms with Gasteiger partial charge in [0.15, 0.2) is 18.4 Å². The lowest BCUT2D eigenvalue weighted by Crippen LogP contribution is -2.55. The van der Waals surface area contributed by atoms with Gasteiger partial charge in [-0.25, -0.2) is 0 Å². The van der Waals surface area contributed by atoms with E-state index in [2.05, 4.69) is 10.6 Å². The van der Waals surface area contributed by atoms with Gasteiger partial charge < -0.3 is 69.7 Å². The number of hydrogen-bond donors (Lipinski definition) is 8. The van der Waals surface area contributed by atoms with E-state index in [9.17, 15) is 64.2 Å². The maximum Gasteiger partial charge on any atom is 0.253 e. The number of nitrogens with one attached hydrogen (secondary N) is 2. The summed E-state index contributed by atoms with van der Waals surface area (Å²) in [5.74, 6) is -3.84. The maximum absolute atomic E-state index is 13.5. The molecule has 3 heterocycles. The summed E-state index contributed by atoms with van der Waals surface area (Å²) < 4.78 is 35.1. The molecule has 3 aliphatic heterocycles. The zero-order valence-electron chi connectivity index (χ0n) is 47.2. The van der Waals surface area contributed by atoms with Crippen LogP contribution in [0.3, 0.4) is 0 Å². The van der Waals surface area contributed by atoms with Gasteiger partial charge >= 0.3 is 0 Å². The molecule has 8 N–H and O–H groups in total. The number of imide groups is 1. The van der Waals surface area contributed by atoms with Crippen molar-refractivity contribution in [1.82, 2.24) is 15.5 Å². The highest BCUT2D eigenvalue weighted by Crippen LogP contribution is 2.35. The topological polar surface area (TPSA) is 324 Å². The highest BCUT2D eigenvalue weighted by atomic mass is 16.7. The van der Waals surface area contributed by atoms with E-state index in [0.717, 1.165) is 4.90 Å². The number of Topliss-reactive ketones (excluding diaryl/α,β-unsaturated/α-hetero) is 3. The van der Waals surface area contributed by atoms with Crippen LogP contribution >= 0.6 is 0 Å². The number of hydrogen-bond acceptors (Lipinski definition) is 19. The fourth-order valence-electron chi connectivity index (χ4n) is 9.23. The van der Waals surface area contributed by atoms with Crippen molar-refractivity contribution in [3.05, 3.63) is 12.2 Å². The van der Waals surface area contributed by atoms with Gasteiger partial charge in [-0.15, -0.1) is 0 Å². The Balaban J connectivity index is 1.35. The monoisotopic (exact) mass is 1110 g/mol. The van der Waals surface area contributed by atoms with Gasteiger partial charge in [-0.05, 0) is 71.1 Å². The summed E-state index contributed by atoms with van der Waals surface area (Å²) in [4.78, 5) is 89.0. The van der Waals surface area contributed by atoms with Gasteiger partial charge in [-0.2, -0.15) is 0 Å². The Morgan fingerprint density at radius 3 is 1.56 bits per heavy atom. The second-order valence-corrected chi connectivity index (χ2v) is 22.3. The number of rotatable bonds is 41. The van der Waals surface area contributed by atoms with E-state index in [1.54, 1.807) is 13.8 Å². The van der Waals surface area contributed by atoms with Crippen molar-refractivity contribution in [1.29, 1.82) is 0 Å². The first-order valence-corrected chi connectivity index (χ1v) is 28.4. The third kappa shape index (κ3) is 23.8. The predicted octanol–water partition coefficient (Wildman–Crippen LogP) is 2.86. The van der Waals surface area contributed by atoms with Crippen molar-refractivity contribution in [2.24, 2.45) is 23.2 Å². The van der Waals surface area contributed by atoms with Crippen molar-refractivity contribution in [2.45, 2.75) is 219 Å². The minimum Gasteiger partial charge on any atom is -0.394 e. The first kappa shape index (κ1) is 68.6. The standard InChI is InChI=1S/C56H95N3O19/c1-37-48(68)50(70)43(35-60)77-53(37)73-30-14-10-20-42(64)34-39(18-9-13-27-57-45(65)23-11-15-31-74-54-38(2)49(69)51(71)44(36-61)78-54)52(72)58-28-12-7-8-19-40(62)21-16-32-75-56(6,55(3,4)5)76-33-17-22-41(63)26-29-59-46(66)24-25-47(59)67/h24-25,37-39,43-44,48-51,53-54,60-61,68-71H,7-23,26-36H2,1-6H3,(H,57,65)(H,58,72)/t37-,38?,39-,43?,44?,48?,49?,50+,51?,53-,54-,56?/m1/s1. The third-order valence-corrected chi connectivity index (χ3v) is 15.0. The lowest BCUT2D eigenvalue weighted by atomic mass is 9.86. The lowest BCUT2D eigenvalue weighted by molar-refractivity contribution is -0.282. The van der Waals surface area contributed by atoms with Crippen LogP contribution in [0.4, 0.5) is 0 Å². The molecule has 2 fully saturated rings. The van der Waals surface area contributed by atoms with Crippen LogP contribution in [0.25, 0.3) is 0 Å². The van der Waals surface area contributed by atoms with Crippen molar-refractivity contribution < 1.29 is 92.6 Å². The van der Waals surface area contributed by atoms with Crippen molar-refractivity contribution in [2.75, 3.05) is 59.3 Å². The number of aliphatic hydroxyl groups is 6. The molecular weight excluding hydrogens is 1020 g/mol. The molecule has 0 aromatic heterocycles. The second-order valence-electron chi connectivity index (χ2n) is 22.3. The predicted molar refractivity (Wildman–Crippen MR) is 284 cm³/mol. The molecule has 7 unspecified atom stereocenters. The fourth-order valence-corrected chi connectivity index (χ4v) is 9.23. The van der Waals surface area contributed by atoms with E-state index in [-0.39, 0.29) is 87.6 Å². The number of unbranched alkanes of at least 4 members (excludes halogenated alkanes) is 5. The molecule has 22 nitrogen and oxygen atoms in total. The summed E-state index contributed by atoms with van der Waals surface area (Å²) in [6.07, 6.45) is 2.40.